The smallest absolute Gasteiger partial charge is 0.160 e. The fourth-order valence-corrected chi connectivity index (χ4v) is 2.07. The predicted octanol–water partition coefficient (Wildman–Crippen LogP) is 1.39. The first kappa shape index (κ1) is 11.1. The van der Waals surface area contributed by atoms with Gasteiger partial charge in [0.15, 0.2) is 5.82 Å². The van der Waals surface area contributed by atoms with Crippen molar-refractivity contribution in [3.05, 3.63) is 12.4 Å². The van der Waals surface area contributed by atoms with Crippen molar-refractivity contribution in [3.8, 4) is 0 Å². The molecule has 0 aliphatic carbocycles. The third-order valence-corrected chi connectivity index (χ3v) is 3.11. The van der Waals surface area contributed by atoms with Crippen molar-refractivity contribution in [2.75, 3.05) is 23.4 Å². The quantitative estimate of drug-likeness (QED) is 0.583. The van der Waals surface area contributed by atoms with E-state index in [1.54, 1.807) is 12.4 Å². The van der Waals surface area contributed by atoms with Crippen LogP contribution in [0.4, 0.5) is 11.6 Å². The van der Waals surface area contributed by atoms with Gasteiger partial charge in [-0.25, -0.2) is 10.8 Å². The Kier molecular flexibility index (Phi) is 3.56. The summed E-state index contributed by atoms with van der Waals surface area (Å²) in [5.74, 6) is 7.68. The van der Waals surface area contributed by atoms with Crippen LogP contribution in [0.1, 0.15) is 26.2 Å². The van der Waals surface area contributed by atoms with Crippen LogP contribution >= 0.6 is 0 Å². The lowest BCUT2D eigenvalue weighted by molar-refractivity contribution is 0.521. The molecule has 1 aromatic heterocycles. The average Bonchev–Trinajstić information content (AvgIpc) is 2.54. The third kappa shape index (κ3) is 2.61. The van der Waals surface area contributed by atoms with Crippen LogP contribution in [0.25, 0.3) is 0 Å². The topological polar surface area (TPSA) is 67.1 Å². The summed E-state index contributed by atoms with van der Waals surface area (Å²) in [4.78, 5) is 10.8. The number of nitrogens with one attached hydrogen (secondary N) is 1. The van der Waals surface area contributed by atoms with Gasteiger partial charge in [0.1, 0.15) is 5.82 Å². The van der Waals surface area contributed by atoms with Crippen molar-refractivity contribution < 1.29 is 0 Å². The van der Waals surface area contributed by atoms with Gasteiger partial charge in [-0.15, -0.1) is 0 Å². The SMILES string of the molecule is CC1CCCN(c2cncc(NN)n2)CC1. The second-order valence-electron chi connectivity index (χ2n) is 4.43. The number of anilines is 2. The first-order valence-electron chi connectivity index (χ1n) is 5.83. The molecule has 1 atom stereocenters. The maximum absolute atomic E-state index is 5.33. The van der Waals surface area contributed by atoms with Gasteiger partial charge >= 0.3 is 0 Å². The molecule has 1 aromatic rings. The van der Waals surface area contributed by atoms with Crippen LogP contribution in [-0.2, 0) is 0 Å². The molecule has 1 saturated heterocycles. The molecule has 1 fully saturated rings. The van der Waals surface area contributed by atoms with Crippen molar-refractivity contribution in [1.82, 2.24) is 9.97 Å². The first-order chi connectivity index (χ1) is 7.79. The third-order valence-electron chi connectivity index (χ3n) is 3.11. The van der Waals surface area contributed by atoms with Crippen LogP contribution in [0.15, 0.2) is 12.4 Å². The summed E-state index contributed by atoms with van der Waals surface area (Å²) < 4.78 is 0. The van der Waals surface area contributed by atoms with Crippen molar-refractivity contribution in [2.24, 2.45) is 11.8 Å². The molecular weight excluding hydrogens is 202 g/mol. The molecule has 0 aromatic carbocycles. The number of rotatable bonds is 2. The Morgan fingerprint density at radius 2 is 2.25 bits per heavy atom. The minimum atomic E-state index is 0.620. The molecular formula is C11H19N5. The summed E-state index contributed by atoms with van der Waals surface area (Å²) in [5.41, 5.74) is 2.53. The maximum atomic E-state index is 5.33. The summed E-state index contributed by atoms with van der Waals surface area (Å²) >= 11 is 0. The van der Waals surface area contributed by atoms with Gasteiger partial charge in [0, 0.05) is 13.1 Å². The molecule has 0 amide bonds. The number of hydrogen-bond donors (Lipinski definition) is 2. The number of hydrogen-bond acceptors (Lipinski definition) is 5. The molecule has 1 aliphatic heterocycles. The van der Waals surface area contributed by atoms with Gasteiger partial charge in [-0.2, -0.15) is 0 Å². The highest BCUT2D eigenvalue weighted by atomic mass is 15.3. The minimum absolute atomic E-state index is 0.620. The standard InChI is InChI=1S/C11H19N5/c1-9-3-2-5-16(6-4-9)11-8-13-7-10(14-11)15-12/h7-9H,2-6,12H2,1H3,(H,14,15). The van der Waals surface area contributed by atoms with E-state index in [0.29, 0.717) is 5.82 Å². The van der Waals surface area contributed by atoms with Crippen LogP contribution in [0, 0.1) is 5.92 Å². The Hall–Kier alpha value is -1.36. The van der Waals surface area contributed by atoms with Crippen LogP contribution in [-0.4, -0.2) is 23.1 Å². The second kappa shape index (κ2) is 5.12. The zero-order valence-electron chi connectivity index (χ0n) is 9.69. The summed E-state index contributed by atoms with van der Waals surface area (Å²) in [6.45, 7) is 4.43. The number of nitrogens with two attached hydrogens (primary N) is 1. The van der Waals surface area contributed by atoms with Crippen LogP contribution in [0.5, 0.6) is 0 Å². The van der Waals surface area contributed by atoms with Gasteiger partial charge in [0.2, 0.25) is 0 Å². The number of hydrazine groups is 1. The van der Waals surface area contributed by atoms with E-state index >= 15 is 0 Å². The minimum Gasteiger partial charge on any atom is -0.355 e. The predicted molar refractivity (Wildman–Crippen MR) is 65.1 cm³/mol. The van der Waals surface area contributed by atoms with E-state index < -0.39 is 0 Å². The normalized spacial score (nSPS) is 21.6. The summed E-state index contributed by atoms with van der Waals surface area (Å²) in [6.07, 6.45) is 7.19. The number of nitrogen functional groups attached to an aromatic ring is 1. The zero-order valence-corrected chi connectivity index (χ0v) is 9.69. The van der Waals surface area contributed by atoms with E-state index in [9.17, 15) is 0 Å². The molecule has 1 unspecified atom stereocenters. The first-order valence-corrected chi connectivity index (χ1v) is 5.83. The Morgan fingerprint density at radius 3 is 3.06 bits per heavy atom. The van der Waals surface area contributed by atoms with E-state index in [4.69, 9.17) is 5.84 Å². The second-order valence-corrected chi connectivity index (χ2v) is 4.43. The summed E-state index contributed by atoms with van der Waals surface area (Å²) in [7, 11) is 0. The van der Waals surface area contributed by atoms with E-state index in [0.717, 1.165) is 24.8 Å². The molecule has 0 radical (unpaired) electrons. The molecule has 5 nitrogen and oxygen atoms in total. The van der Waals surface area contributed by atoms with Crippen molar-refractivity contribution in [3.63, 3.8) is 0 Å². The molecule has 0 spiro atoms. The molecule has 0 saturated carbocycles. The fraction of sp³-hybridized carbons (Fsp3) is 0.636. The summed E-state index contributed by atoms with van der Waals surface area (Å²) in [6, 6.07) is 0. The molecule has 2 rings (SSSR count). The van der Waals surface area contributed by atoms with E-state index in [1.807, 2.05) is 0 Å². The van der Waals surface area contributed by atoms with Crippen molar-refractivity contribution in [2.45, 2.75) is 26.2 Å². The summed E-state index contributed by atoms with van der Waals surface area (Å²) in [5, 5.41) is 0. The Labute approximate surface area is 96.0 Å². The highest BCUT2D eigenvalue weighted by molar-refractivity contribution is 5.43. The largest absolute Gasteiger partial charge is 0.355 e. The van der Waals surface area contributed by atoms with E-state index in [-0.39, 0.29) is 0 Å². The zero-order chi connectivity index (χ0) is 11.4. The Bertz CT molecular complexity index is 341. The monoisotopic (exact) mass is 221 g/mol. The van der Waals surface area contributed by atoms with Crippen molar-refractivity contribution in [1.29, 1.82) is 0 Å². The molecule has 2 heterocycles. The Balaban J connectivity index is 2.10. The molecule has 3 N–H and O–H groups in total. The molecule has 88 valence electrons. The molecule has 16 heavy (non-hydrogen) atoms. The highest BCUT2D eigenvalue weighted by Gasteiger charge is 2.15. The maximum Gasteiger partial charge on any atom is 0.160 e. The lowest BCUT2D eigenvalue weighted by Gasteiger charge is -2.21. The molecule has 5 heteroatoms. The average molecular weight is 221 g/mol. The molecule has 1 aliphatic rings. The van der Waals surface area contributed by atoms with E-state index in [1.165, 1.54) is 19.3 Å². The van der Waals surface area contributed by atoms with E-state index in [2.05, 4.69) is 27.2 Å². The lowest BCUT2D eigenvalue weighted by Crippen LogP contribution is -2.25. The van der Waals surface area contributed by atoms with Crippen LogP contribution in [0.3, 0.4) is 0 Å². The molecule has 0 bridgehead atoms. The van der Waals surface area contributed by atoms with Gasteiger partial charge in [-0.3, -0.25) is 4.98 Å². The lowest BCUT2D eigenvalue weighted by atomic mass is 10.0. The van der Waals surface area contributed by atoms with Gasteiger partial charge in [0.25, 0.3) is 0 Å². The highest BCUT2D eigenvalue weighted by Crippen LogP contribution is 2.20. The van der Waals surface area contributed by atoms with Crippen LogP contribution < -0.4 is 16.2 Å². The number of nitrogens with zero attached hydrogens (tertiary/aromatic N) is 3. The van der Waals surface area contributed by atoms with Crippen molar-refractivity contribution >= 4 is 11.6 Å². The Morgan fingerprint density at radius 1 is 1.38 bits per heavy atom. The number of aromatic nitrogens is 2. The van der Waals surface area contributed by atoms with Gasteiger partial charge in [0.05, 0.1) is 12.4 Å². The van der Waals surface area contributed by atoms with Crippen LogP contribution in [0.2, 0.25) is 0 Å². The van der Waals surface area contributed by atoms with Gasteiger partial charge in [-0.05, 0) is 25.2 Å². The fourth-order valence-electron chi connectivity index (χ4n) is 2.07. The van der Waals surface area contributed by atoms with Gasteiger partial charge in [-0.1, -0.05) is 6.92 Å². The van der Waals surface area contributed by atoms with Gasteiger partial charge < -0.3 is 10.3 Å².